The number of hydrogen-bond donors (Lipinski definition) is 3. The van der Waals surface area contributed by atoms with Crippen LogP contribution in [0.4, 0.5) is 0 Å². The highest BCUT2D eigenvalue weighted by molar-refractivity contribution is 7.07. The van der Waals surface area contributed by atoms with Crippen molar-refractivity contribution in [2.75, 3.05) is 28.4 Å². The van der Waals surface area contributed by atoms with Crippen molar-refractivity contribution >= 4 is 28.8 Å². The van der Waals surface area contributed by atoms with E-state index < -0.39 is 11.5 Å². The summed E-state index contributed by atoms with van der Waals surface area (Å²) < 4.78 is 22.4. The number of benzene rings is 2. The van der Waals surface area contributed by atoms with Crippen LogP contribution in [-0.2, 0) is 0 Å². The van der Waals surface area contributed by atoms with Crippen LogP contribution < -0.4 is 39.4 Å². The van der Waals surface area contributed by atoms with Gasteiger partial charge in [-0.05, 0) is 41.5 Å². The van der Waals surface area contributed by atoms with E-state index in [0.717, 1.165) is 15.9 Å². The molecule has 0 fully saturated rings. The van der Waals surface area contributed by atoms with Gasteiger partial charge in [-0.2, -0.15) is 10.5 Å². The van der Waals surface area contributed by atoms with Crippen LogP contribution in [0.25, 0.3) is 17.5 Å². The van der Waals surface area contributed by atoms with E-state index in [4.69, 9.17) is 24.7 Å². The number of thiazole rings is 1. The van der Waals surface area contributed by atoms with Crippen LogP contribution >= 0.6 is 11.3 Å². The number of hydrogen-bond acceptors (Lipinski definition) is 11. The second-order valence-corrected chi connectivity index (χ2v) is 9.00. The molecule has 2 aromatic carbocycles. The first-order chi connectivity index (χ1) is 18.2. The third kappa shape index (κ3) is 4.03. The van der Waals surface area contributed by atoms with E-state index in [1.54, 1.807) is 6.08 Å². The summed E-state index contributed by atoms with van der Waals surface area (Å²) in [5, 5.41) is 40.7. The first-order valence-electron chi connectivity index (χ1n) is 10.9. The van der Waals surface area contributed by atoms with E-state index in [2.05, 4.69) is 6.07 Å². The number of methoxy groups -OCH3 is 4. The predicted octanol–water partition coefficient (Wildman–Crippen LogP) is 1.31. The van der Waals surface area contributed by atoms with E-state index >= 15 is 0 Å². The van der Waals surface area contributed by atoms with Crippen LogP contribution in [0, 0.1) is 22.7 Å². The van der Waals surface area contributed by atoms with Crippen molar-refractivity contribution in [1.82, 2.24) is 4.57 Å². The molecule has 4 rings (SSSR count). The Kier molecular flexibility index (Phi) is 6.93. The summed E-state index contributed by atoms with van der Waals surface area (Å²) in [6.45, 7) is 0. The fourth-order valence-corrected chi connectivity index (χ4v) is 5.34. The van der Waals surface area contributed by atoms with Gasteiger partial charge in [0.1, 0.15) is 10.5 Å². The number of aromatic nitrogens is 1. The molecular formula is C26H22N4O7S. The molecule has 1 unspecified atom stereocenters. The van der Waals surface area contributed by atoms with Crippen LogP contribution in [0.15, 0.2) is 34.6 Å². The highest BCUT2D eigenvalue weighted by Crippen LogP contribution is 2.44. The van der Waals surface area contributed by atoms with Crippen LogP contribution in [0.3, 0.4) is 0 Å². The number of phenolic OH excluding ortho intramolecular Hbond substituents is 2. The minimum Gasteiger partial charge on any atom is -0.502 e. The van der Waals surface area contributed by atoms with Crippen molar-refractivity contribution in [2.45, 2.75) is 5.92 Å². The average Bonchev–Trinajstić information content (AvgIpc) is 3.25. The third-order valence-electron chi connectivity index (χ3n) is 6.02. The molecule has 1 aromatic heterocycles. The van der Waals surface area contributed by atoms with Gasteiger partial charge in [-0.15, -0.1) is 11.3 Å². The summed E-state index contributed by atoms with van der Waals surface area (Å²) in [6, 6.07) is 10.2. The molecule has 11 nitrogen and oxygen atoms in total. The van der Waals surface area contributed by atoms with E-state index in [1.807, 2.05) is 6.07 Å². The normalized spacial score (nSPS) is 14.9. The monoisotopic (exact) mass is 534 g/mol. The Balaban J connectivity index is 2.05. The fourth-order valence-electron chi connectivity index (χ4n) is 4.21. The van der Waals surface area contributed by atoms with Crippen molar-refractivity contribution in [3.05, 3.63) is 60.5 Å². The smallest absolute Gasteiger partial charge is 0.274 e. The minimum atomic E-state index is -0.951. The molecular weight excluding hydrogens is 512 g/mol. The van der Waals surface area contributed by atoms with Crippen molar-refractivity contribution in [1.29, 1.82) is 10.5 Å². The predicted molar refractivity (Wildman–Crippen MR) is 139 cm³/mol. The van der Waals surface area contributed by atoms with Gasteiger partial charge in [0.15, 0.2) is 23.0 Å². The Morgan fingerprint density at radius 2 is 1.37 bits per heavy atom. The topological polar surface area (TPSA) is 173 Å². The molecule has 0 bridgehead atoms. The summed E-state index contributed by atoms with van der Waals surface area (Å²) in [5.41, 5.74) is 6.77. The Morgan fingerprint density at radius 3 is 1.82 bits per heavy atom. The zero-order chi connectivity index (χ0) is 27.7. The molecule has 1 atom stereocenters. The van der Waals surface area contributed by atoms with Gasteiger partial charge in [0.05, 0.1) is 62.2 Å². The Morgan fingerprint density at radius 1 is 0.895 bits per heavy atom. The maximum Gasteiger partial charge on any atom is 0.274 e. The van der Waals surface area contributed by atoms with Crippen LogP contribution in [0.5, 0.6) is 34.5 Å². The second-order valence-electron chi connectivity index (χ2n) is 7.97. The molecule has 3 aromatic rings. The average molecular weight is 535 g/mol. The summed E-state index contributed by atoms with van der Waals surface area (Å²) in [4.78, 5) is 13.4. The number of nitrogens with two attached hydrogens (primary N) is 1. The summed E-state index contributed by atoms with van der Waals surface area (Å²) >= 11 is 1.01. The van der Waals surface area contributed by atoms with Crippen molar-refractivity contribution in [2.24, 2.45) is 5.73 Å². The first kappa shape index (κ1) is 26.0. The number of rotatable bonds is 6. The molecule has 1 aliphatic heterocycles. The number of allylic oxidation sites excluding steroid dienone is 1. The van der Waals surface area contributed by atoms with Gasteiger partial charge in [0.2, 0.25) is 11.5 Å². The maximum atomic E-state index is 13.4. The van der Waals surface area contributed by atoms with E-state index in [9.17, 15) is 25.5 Å². The molecule has 0 radical (unpaired) electrons. The van der Waals surface area contributed by atoms with E-state index in [1.165, 1.54) is 52.7 Å². The highest BCUT2D eigenvalue weighted by Gasteiger charge is 2.33. The Bertz CT molecular complexity index is 1710. The lowest BCUT2D eigenvalue weighted by molar-refractivity contribution is 0.339. The molecule has 2 heterocycles. The highest BCUT2D eigenvalue weighted by atomic mass is 32.1. The van der Waals surface area contributed by atoms with Gasteiger partial charge in [0, 0.05) is 0 Å². The lowest BCUT2D eigenvalue weighted by Crippen LogP contribution is -2.38. The molecule has 38 heavy (non-hydrogen) atoms. The number of aromatic hydroxyl groups is 2. The minimum absolute atomic E-state index is 0.0248. The molecule has 0 spiro atoms. The number of nitriles is 2. The number of ether oxygens (including phenoxy) is 4. The van der Waals surface area contributed by atoms with Gasteiger partial charge >= 0.3 is 0 Å². The summed E-state index contributed by atoms with van der Waals surface area (Å²) in [5.74, 6) is -1.08. The van der Waals surface area contributed by atoms with Crippen molar-refractivity contribution < 1.29 is 29.2 Å². The van der Waals surface area contributed by atoms with Gasteiger partial charge < -0.3 is 34.9 Å². The van der Waals surface area contributed by atoms with Gasteiger partial charge in [-0.25, -0.2) is 0 Å². The van der Waals surface area contributed by atoms with Crippen LogP contribution in [0.2, 0.25) is 0 Å². The molecule has 4 N–H and O–H groups in total. The second kappa shape index (κ2) is 10.1. The van der Waals surface area contributed by atoms with E-state index in [-0.39, 0.29) is 60.7 Å². The lowest BCUT2D eigenvalue weighted by atomic mass is 9.84. The molecule has 0 saturated carbocycles. The number of fused-ring (bicyclic) bond motifs is 1. The van der Waals surface area contributed by atoms with E-state index in [0.29, 0.717) is 11.1 Å². The molecule has 0 saturated heterocycles. The summed E-state index contributed by atoms with van der Waals surface area (Å²) in [7, 11) is 5.48. The Hall–Kier alpha value is -5.07. The zero-order valence-electron chi connectivity index (χ0n) is 20.7. The SMILES string of the molecule is COc1cc(/C=c2\sc3n(c2=O)C(N)=C(C#N)C(c2cc(OC)c(O)c(OC)c2)C=3C#N)cc(OC)c1O. The first-order valence-corrected chi connectivity index (χ1v) is 11.7. The largest absolute Gasteiger partial charge is 0.502 e. The van der Waals surface area contributed by atoms with Gasteiger partial charge in [-0.1, -0.05) is 0 Å². The van der Waals surface area contributed by atoms with Crippen molar-refractivity contribution in [3.63, 3.8) is 0 Å². The van der Waals surface area contributed by atoms with Crippen LogP contribution in [0.1, 0.15) is 17.0 Å². The van der Waals surface area contributed by atoms with Crippen LogP contribution in [-0.4, -0.2) is 43.2 Å². The molecule has 1 aliphatic rings. The zero-order valence-corrected chi connectivity index (χ0v) is 21.5. The lowest BCUT2D eigenvalue weighted by Gasteiger charge is -2.23. The molecule has 0 amide bonds. The molecule has 12 heteroatoms. The standard InChI is InChI=1S/C26H22N4O7S/c1-34-16-5-12(6-17(35-2)22(16)31)7-20-25(33)30-24(29)14(10-27)21(15(11-28)26(30)38-20)13-8-18(36-3)23(32)19(9-13)37-4/h5-9,21,31-32H,29H2,1-4H3/b20-7-. The number of phenols is 2. The van der Waals surface area contributed by atoms with Gasteiger partial charge in [-0.3, -0.25) is 9.36 Å². The summed E-state index contributed by atoms with van der Waals surface area (Å²) in [6.07, 6.45) is 1.54. The maximum absolute atomic E-state index is 13.4. The van der Waals surface area contributed by atoms with Crippen molar-refractivity contribution in [3.8, 4) is 46.6 Å². The molecule has 194 valence electrons. The number of nitrogens with zero attached hydrogens (tertiary/aromatic N) is 3. The fraction of sp³-hybridized carbons (Fsp3) is 0.192. The molecule has 0 aliphatic carbocycles. The third-order valence-corrected chi connectivity index (χ3v) is 7.13. The Labute approximate surface area is 220 Å². The quantitative estimate of drug-likeness (QED) is 0.418. The van der Waals surface area contributed by atoms with Gasteiger partial charge in [0.25, 0.3) is 5.56 Å².